The van der Waals surface area contributed by atoms with Gasteiger partial charge in [-0.2, -0.15) is 0 Å². The van der Waals surface area contributed by atoms with Gasteiger partial charge in [0.25, 0.3) is 0 Å². The van der Waals surface area contributed by atoms with E-state index in [1.165, 1.54) is 11.1 Å². The second-order valence-corrected chi connectivity index (χ2v) is 7.46. The molecule has 1 aliphatic rings. The molecule has 0 heterocycles. The van der Waals surface area contributed by atoms with Crippen molar-refractivity contribution in [2.75, 3.05) is 21.3 Å². The summed E-state index contributed by atoms with van der Waals surface area (Å²) in [6.07, 6.45) is 3.31. The number of hydrogen-bond acceptors (Lipinski definition) is 3. The molecule has 0 saturated heterocycles. The second kappa shape index (κ2) is 5.25. The van der Waals surface area contributed by atoms with E-state index < -0.39 is 8.80 Å². The maximum absolute atomic E-state index is 5.53. The summed E-state index contributed by atoms with van der Waals surface area (Å²) < 4.78 is 16.6. The summed E-state index contributed by atoms with van der Waals surface area (Å²) in [7, 11) is 2.66. The molecule has 0 radical (unpaired) electrons. The van der Waals surface area contributed by atoms with Gasteiger partial charge in [0.15, 0.2) is 0 Å². The van der Waals surface area contributed by atoms with Gasteiger partial charge in [-0.25, -0.2) is 0 Å². The molecule has 0 N–H and O–H groups in total. The van der Waals surface area contributed by atoms with Crippen LogP contribution in [0.3, 0.4) is 0 Å². The summed E-state index contributed by atoms with van der Waals surface area (Å²) in [5.74, 6) is 0. The molecule has 0 aromatic heterocycles. The standard InChI is InChI=1S/C11H22O3Si/c1-9-6-7-11(8-10(9)2)15(12-3,13-4)14-5/h11H,6-8H2,1-5H3. The van der Waals surface area contributed by atoms with E-state index >= 15 is 0 Å². The van der Waals surface area contributed by atoms with Crippen LogP contribution in [0.4, 0.5) is 0 Å². The molecule has 0 aliphatic heterocycles. The van der Waals surface area contributed by atoms with Gasteiger partial charge in [0.2, 0.25) is 0 Å². The Morgan fingerprint density at radius 1 is 1.00 bits per heavy atom. The van der Waals surface area contributed by atoms with Crippen molar-refractivity contribution in [2.24, 2.45) is 0 Å². The van der Waals surface area contributed by atoms with E-state index in [1.54, 1.807) is 21.3 Å². The molecule has 0 aromatic carbocycles. The quantitative estimate of drug-likeness (QED) is 0.549. The third-order valence-electron chi connectivity index (χ3n) is 3.50. The smallest absolute Gasteiger partial charge is 0.377 e. The van der Waals surface area contributed by atoms with Crippen LogP contribution in [-0.4, -0.2) is 30.1 Å². The van der Waals surface area contributed by atoms with Crippen molar-refractivity contribution < 1.29 is 13.3 Å². The van der Waals surface area contributed by atoms with Crippen LogP contribution < -0.4 is 0 Å². The van der Waals surface area contributed by atoms with E-state index in [0.29, 0.717) is 5.54 Å². The summed E-state index contributed by atoms with van der Waals surface area (Å²) in [6.45, 7) is 4.41. The zero-order chi connectivity index (χ0) is 11.5. The van der Waals surface area contributed by atoms with Gasteiger partial charge in [0.1, 0.15) is 0 Å². The molecule has 0 bridgehead atoms. The van der Waals surface area contributed by atoms with Crippen molar-refractivity contribution in [1.29, 1.82) is 0 Å². The first kappa shape index (κ1) is 12.9. The largest absolute Gasteiger partial charge is 0.503 e. The molecule has 0 fully saturated rings. The highest BCUT2D eigenvalue weighted by atomic mass is 28.4. The summed E-state index contributed by atoms with van der Waals surface area (Å²) in [5, 5.41) is 0. The molecule has 0 saturated carbocycles. The fraction of sp³-hybridized carbons (Fsp3) is 0.818. The third kappa shape index (κ3) is 2.50. The van der Waals surface area contributed by atoms with Gasteiger partial charge in [-0.05, 0) is 33.1 Å². The minimum Gasteiger partial charge on any atom is -0.377 e. The number of hydrogen-bond donors (Lipinski definition) is 0. The normalized spacial score (nSPS) is 23.4. The Kier molecular flexibility index (Phi) is 4.52. The van der Waals surface area contributed by atoms with Gasteiger partial charge in [-0.3, -0.25) is 0 Å². The molecular formula is C11H22O3Si. The molecule has 1 atom stereocenters. The van der Waals surface area contributed by atoms with Crippen LogP contribution in [0, 0.1) is 0 Å². The topological polar surface area (TPSA) is 27.7 Å². The van der Waals surface area contributed by atoms with Crippen LogP contribution >= 0.6 is 0 Å². The van der Waals surface area contributed by atoms with Gasteiger partial charge in [-0.1, -0.05) is 11.1 Å². The molecule has 1 unspecified atom stereocenters. The van der Waals surface area contributed by atoms with Gasteiger partial charge >= 0.3 is 8.80 Å². The Bertz CT molecular complexity index is 238. The summed E-state index contributed by atoms with van der Waals surface area (Å²) in [4.78, 5) is 0. The lowest BCUT2D eigenvalue weighted by Gasteiger charge is -2.35. The maximum atomic E-state index is 5.53. The lowest BCUT2D eigenvalue weighted by Crippen LogP contribution is -2.48. The average molecular weight is 230 g/mol. The minimum absolute atomic E-state index is 0.418. The maximum Gasteiger partial charge on any atom is 0.503 e. The van der Waals surface area contributed by atoms with E-state index in [-0.39, 0.29) is 0 Å². The Balaban J connectivity index is 2.80. The van der Waals surface area contributed by atoms with Crippen molar-refractivity contribution in [3.63, 3.8) is 0 Å². The van der Waals surface area contributed by atoms with Crippen molar-refractivity contribution in [2.45, 2.75) is 38.7 Å². The average Bonchev–Trinajstić information content (AvgIpc) is 2.26. The van der Waals surface area contributed by atoms with Crippen molar-refractivity contribution in [1.82, 2.24) is 0 Å². The van der Waals surface area contributed by atoms with Crippen molar-refractivity contribution in [3.8, 4) is 0 Å². The first-order chi connectivity index (χ1) is 7.09. The van der Waals surface area contributed by atoms with Crippen molar-refractivity contribution in [3.05, 3.63) is 11.1 Å². The second-order valence-electron chi connectivity index (χ2n) is 4.22. The summed E-state index contributed by atoms with van der Waals surface area (Å²) in [5.41, 5.74) is 3.40. The summed E-state index contributed by atoms with van der Waals surface area (Å²) >= 11 is 0. The van der Waals surface area contributed by atoms with E-state index in [0.717, 1.165) is 19.3 Å². The van der Waals surface area contributed by atoms with Crippen LogP contribution in [0.1, 0.15) is 33.1 Å². The van der Waals surface area contributed by atoms with E-state index in [1.807, 2.05) is 0 Å². The van der Waals surface area contributed by atoms with Gasteiger partial charge < -0.3 is 13.3 Å². The molecule has 88 valence electrons. The van der Waals surface area contributed by atoms with Crippen LogP contribution in [0.15, 0.2) is 11.1 Å². The Labute approximate surface area is 93.8 Å². The van der Waals surface area contributed by atoms with Gasteiger partial charge in [0.05, 0.1) is 0 Å². The highest BCUT2D eigenvalue weighted by molar-refractivity contribution is 6.62. The van der Waals surface area contributed by atoms with Crippen molar-refractivity contribution >= 4 is 8.80 Å². The molecule has 0 amide bonds. The van der Waals surface area contributed by atoms with Crippen LogP contribution in [0.25, 0.3) is 0 Å². The fourth-order valence-corrected chi connectivity index (χ4v) is 4.86. The van der Waals surface area contributed by atoms with Crippen LogP contribution in [-0.2, 0) is 13.3 Å². The van der Waals surface area contributed by atoms with E-state index in [4.69, 9.17) is 13.3 Å². The van der Waals surface area contributed by atoms with Gasteiger partial charge in [0, 0.05) is 26.9 Å². The molecule has 0 spiro atoms. The highest BCUT2D eigenvalue weighted by Crippen LogP contribution is 2.40. The van der Waals surface area contributed by atoms with Gasteiger partial charge in [-0.15, -0.1) is 0 Å². The third-order valence-corrected chi connectivity index (χ3v) is 6.70. The predicted octanol–water partition coefficient (Wildman–Crippen LogP) is 2.76. The Hall–Kier alpha value is -0.163. The predicted molar refractivity (Wildman–Crippen MR) is 62.8 cm³/mol. The van der Waals surface area contributed by atoms with Crippen LogP contribution in [0.2, 0.25) is 5.54 Å². The fourth-order valence-electron chi connectivity index (χ4n) is 2.30. The zero-order valence-corrected chi connectivity index (χ0v) is 11.4. The molecule has 4 heteroatoms. The highest BCUT2D eigenvalue weighted by Gasteiger charge is 2.47. The first-order valence-electron chi connectivity index (χ1n) is 5.40. The summed E-state index contributed by atoms with van der Waals surface area (Å²) in [6, 6.07) is 0. The molecule has 0 aromatic rings. The first-order valence-corrected chi connectivity index (χ1v) is 7.20. The monoisotopic (exact) mass is 230 g/mol. The molecule has 15 heavy (non-hydrogen) atoms. The van der Waals surface area contributed by atoms with Crippen LogP contribution in [0.5, 0.6) is 0 Å². The lowest BCUT2D eigenvalue weighted by atomic mass is 9.93. The SMILES string of the molecule is CO[Si](OC)(OC)C1CCC(C)=C(C)C1. The Morgan fingerprint density at radius 2 is 1.53 bits per heavy atom. The number of rotatable bonds is 4. The molecule has 1 rings (SSSR count). The molecule has 1 aliphatic carbocycles. The zero-order valence-electron chi connectivity index (χ0n) is 10.4. The van der Waals surface area contributed by atoms with E-state index in [9.17, 15) is 0 Å². The number of allylic oxidation sites excluding steroid dienone is 2. The molecular weight excluding hydrogens is 208 g/mol. The van der Waals surface area contributed by atoms with E-state index in [2.05, 4.69) is 13.8 Å². The minimum atomic E-state index is -2.42. The molecule has 3 nitrogen and oxygen atoms in total. The Morgan fingerprint density at radius 3 is 1.93 bits per heavy atom. The lowest BCUT2D eigenvalue weighted by molar-refractivity contribution is 0.108.